The van der Waals surface area contributed by atoms with E-state index in [1.807, 2.05) is 6.20 Å². The molecule has 4 unspecified atom stereocenters. The first kappa shape index (κ1) is 12.5. The van der Waals surface area contributed by atoms with Gasteiger partial charge in [-0.05, 0) is 67.9 Å². The molecular formula is C14H23N3S. The van der Waals surface area contributed by atoms with Crippen LogP contribution >= 0.6 is 11.5 Å². The Balaban J connectivity index is 1.62. The average molecular weight is 265 g/mol. The van der Waals surface area contributed by atoms with Crippen LogP contribution in [0.3, 0.4) is 0 Å². The highest BCUT2D eigenvalue weighted by Gasteiger charge is 2.40. The van der Waals surface area contributed by atoms with Gasteiger partial charge in [0.1, 0.15) is 0 Å². The number of nitrogens with one attached hydrogen (secondary N) is 1. The van der Waals surface area contributed by atoms with Crippen LogP contribution < -0.4 is 5.32 Å². The number of fused-ring (bicyclic) bond motifs is 2. The van der Waals surface area contributed by atoms with E-state index in [9.17, 15) is 0 Å². The summed E-state index contributed by atoms with van der Waals surface area (Å²) < 4.78 is 4.03. The van der Waals surface area contributed by atoms with Crippen LogP contribution in [-0.2, 0) is 0 Å². The molecule has 18 heavy (non-hydrogen) atoms. The molecule has 0 radical (unpaired) electrons. The van der Waals surface area contributed by atoms with Gasteiger partial charge in [0.2, 0.25) is 0 Å². The van der Waals surface area contributed by atoms with Crippen LogP contribution in [-0.4, -0.2) is 16.1 Å². The third kappa shape index (κ3) is 2.59. The lowest BCUT2D eigenvalue weighted by Crippen LogP contribution is -2.25. The van der Waals surface area contributed by atoms with Crippen molar-refractivity contribution in [2.24, 2.45) is 17.8 Å². The molecule has 1 aromatic heterocycles. The molecular weight excluding hydrogens is 242 g/mol. The number of rotatable bonds is 6. The predicted molar refractivity (Wildman–Crippen MR) is 74.5 cm³/mol. The standard InChI is InChI=1S/C14H23N3S/c1-2-5-15-13(14-9-16-17-18-14)8-12-7-10-3-4-11(12)6-10/h9-13,15H,2-8H2,1H3. The third-order valence-corrected chi connectivity index (χ3v) is 5.56. The largest absolute Gasteiger partial charge is 0.309 e. The highest BCUT2D eigenvalue weighted by Crippen LogP contribution is 2.51. The van der Waals surface area contributed by atoms with Crippen molar-refractivity contribution in [1.29, 1.82) is 0 Å². The van der Waals surface area contributed by atoms with Crippen LogP contribution in [0.15, 0.2) is 6.20 Å². The second kappa shape index (κ2) is 5.66. The van der Waals surface area contributed by atoms with Crippen LogP contribution in [0.1, 0.15) is 56.4 Å². The van der Waals surface area contributed by atoms with Gasteiger partial charge >= 0.3 is 0 Å². The van der Waals surface area contributed by atoms with E-state index in [2.05, 4.69) is 21.8 Å². The lowest BCUT2D eigenvalue weighted by atomic mass is 9.84. The lowest BCUT2D eigenvalue weighted by Gasteiger charge is -2.26. The van der Waals surface area contributed by atoms with Crippen molar-refractivity contribution in [1.82, 2.24) is 14.9 Å². The third-order valence-electron chi connectivity index (χ3n) is 4.79. The molecule has 4 atom stereocenters. The summed E-state index contributed by atoms with van der Waals surface area (Å²) in [5.74, 6) is 3.01. The van der Waals surface area contributed by atoms with Gasteiger partial charge < -0.3 is 5.32 Å². The van der Waals surface area contributed by atoms with Crippen molar-refractivity contribution in [3.8, 4) is 0 Å². The Kier molecular flexibility index (Phi) is 3.94. The first-order chi connectivity index (χ1) is 8.86. The Morgan fingerprint density at radius 1 is 1.44 bits per heavy atom. The summed E-state index contributed by atoms with van der Waals surface area (Å²) in [6, 6.07) is 0.495. The van der Waals surface area contributed by atoms with Crippen molar-refractivity contribution in [2.75, 3.05) is 6.54 Å². The Bertz CT molecular complexity index is 365. The van der Waals surface area contributed by atoms with E-state index >= 15 is 0 Å². The van der Waals surface area contributed by atoms with Crippen molar-refractivity contribution in [2.45, 2.75) is 51.5 Å². The molecule has 3 rings (SSSR count). The predicted octanol–water partition coefficient (Wildman–Crippen LogP) is 3.41. The van der Waals surface area contributed by atoms with E-state index in [4.69, 9.17) is 0 Å². The molecule has 3 nitrogen and oxygen atoms in total. The zero-order valence-corrected chi connectivity index (χ0v) is 12.0. The summed E-state index contributed by atoms with van der Waals surface area (Å²) in [5.41, 5.74) is 0. The average Bonchev–Trinajstić information content (AvgIpc) is 3.09. The smallest absolute Gasteiger partial charge is 0.0669 e. The minimum atomic E-state index is 0.495. The molecule has 2 aliphatic rings. The van der Waals surface area contributed by atoms with E-state index in [1.165, 1.54) is 43.4 Å². The van der Waals surface area contributed by atoms with Crippen LogP contribution in [0.25, 0.3) is 0 Å². The SMILES string of the molecule is CCCNC(CC1CC2CCC1C2)c1cnns1. The van der Waals surface area contributed by atoms with Crippen molar-refractivity contribution < 1.29 is 0 Å². The highest BCUT2D eigenvalue weighted by atomic mass is 32.1. The maximum Gasteiger partial charge on any atom is 0.0669 e. The second-order valence-electron chi connectivity index (χ2n) is 6.00. The summed E-state index contributed by atoms with van der Waals surface area (Å²) in [7, 11) is 0. The van der Waals surface area contributed by atoms with Gasteiger partial charge in [0.25, 0.3) is 0 Å². The van der Waals surface area contributed by atoms with Gasteiger partial charge in [0, 0.05) is 6.04 Å². The van der Waals surface area contributed by atoms with Gasteiger partial charge in [-0.1, -0.05) is 17.8 Å². The molecule has 0 spiro atoms. The normalized spacial score (nSPS) is 31.9. The molecule has 0 saturated heterocycles. The van der Waals surface area contributed by atoms with Crippen LogP contribution in [0, 0.1) is 17.8 Å². The maximum atomic E-state index is 4.03. The molecule has 2 bridgehead atoms. The quantitative estimate of drug-likeness (QED) is 0.856. The Morgan fingerprint density at radius 2 is 2.39 bits per heavy atom. The van der Waals surface area contributed by atoms with Gasteiger partial charge in [-0.3, -0.25) is 0 Å². The maximum absolute atomic E-state index is 4.03. The topological polar surface area (TPSA) is 37.8 Å². The van der Waals surface area contributed by atoms with Gasteiger partial charge in [-0.25, -0.2) is 0 Å². The van der Waals surface area contributed by atoms with Crippen molar-refractivity contribution in [3.05, 3.63) is 11.1 Å². The number of aromatic nitrogens is 2. The Labute approximate surface area is 114 Å². The van der Waals surface area contributed by atoms with Crippen molar-refractivity contribution >= 4 is 11.5 Å². The number of nitrogens with zero attached hydrogens (tertiary/aromatic N) is 2. The van der Waals surface area contributed by atoms with Gasteiger partial charge in [0.15, 0.2) is 0 Å². The van der Waals surface area contributed by atoms with E-state index < -0.39 is 0 Å². The number of hydrogen-bond donors (Lipinski definition) is 1. The zero-order chi connectivity index (χ0) is 12.4. The summed E-state index contributed by atoms with van der Waals surface area (Å²) in [6.45, 7) is 3.33. The molecule has 4 heteroatoms. The fourth-order valence-corrected chi connectivity index (χ4v) is 4.50. The lowest BCUT2D eigenvalue weighted by molar-refractivity contribution is 0.280. The molecule has 1 aromatic rings. The molecule has 1 N–H and O–H groups in total. The zero-order valence-electron chi connectivity index (χ0n) is 11.1. The van der Waals surface area contributed by atoms with Gasteiger partial charge in [-0.15, -0.1) is 5.10 Å². The molecule has 0 aromatic carbocycles. The minimum absolute atomic E-state index is 0.495. The van der Waals surface area contributed by atoms with E-state index in [0.29, 0.717) is 6.04 Å². The summed E-state index contributed by atoms with van der Waals surface area (Å²) in [4.78, 5) is 1.33. The van der Waals surface area contributed by atoms with Crippen molar-refractivity contribution in [3.63, 3.8) is 0 Å². The van der Waals surface area contributed by atoms with Crippen LogP contribution in [0.4, 0.5) is 0 Å². The van der Waals surface area contributed by atoms with E-state index in [1.54, 1.807) is 11.5 Å². The summed E-state index contributed by atoms with van der Waals surface area (Å²) in [6.07, 6.45) is 10.4. The van der Waals surface area contributed by atoms with Gasteiger partial charge in [-0.2, -0.15) is 0 Å². The Morgan fingerprint density at radius 3 is 3.00 bits per heavy atom. The molecule has 2 fully saturated rings. The molecule has 1 heterocycles. The number of hydrogen-bond acceptors (Lipinski definition) is 4. The molecule has 0 amide bonds. The van der Waals surface area contributed by atoms with Gasteiger partial charge in [0.05, 0.1) is 11.1 Å². The summed E-state index contributed by atoms with van der Waals surface area (Å²) >= 11 is 1.56. The second-order valence-corrected chi connectivity index (χ2v) is 6.81. The molecule has 2 saturated carbocycles. The first-order valence-electron chi connectivity index (χ1n) is 7.37. The fourth-order valence-electron chi connectivity index (χ4n) is 3.91. The first-order valence-corrected chi connectivity index (χ1v) is 8.14. The monoisotopic (exact) mass is 265 g/mol. The van der Waals surface area contributed by atoms with Crippen LogP contribution in [0.2, 0.25) is 0 Å². The molecule has 0 aliphatic heterocycles. The highest BCUT2D eigenvalue weighted by molar-refractivity contribution is 7.05. The Hall–Kier alpha value is -0.480. The summed E-state index contributed by atoms with van der Waals surface area (Å²) in [5, 5.41) is 7.69. The fraction of sp³-hybridized carbons (Fsp3) is 0.857. The molecule has 100 valence electrons. The minimum Gasteiger partial charge on any atom is -0.309 e. The van der Waals surface area contributed by atoms with E-state index in [0.717, 1.165) is 24.3 Å². The molecule has 2 aliphatic carbocycles. The van der Waals surface area contributed by atoms with Crippen LogP contribution in [0.5, 0.6) is 0 Å². The van der Waals surface area contributed by atoms with E-state index in [-0.39, 0.29) is 0 Å².